The highest BCUT2D eigenvalue weighted by molar-refractivity contribution is 6.42. The van der Waals surface area contributed by atoms with Gasteiger partial charge in [0.2, 0.25) is 0 Å². The Morgan fingerprint density at radius 1 is 1.45 bits per heavy atom. The molecule has 1 aliphatic rings. The maximum atomic E-state index is 10.6. The zero-order chi connectivity index (χ0) is 15.9. The minimum atomic E-state index is -0.965. The van der Waals surface area contributed by atoms with Crippen LogP contribution < -0.4 is 5.32 Å². The van der Waals surface area contributed by atoms with Gasteiger partial charge < -0.3 is 10.4 Å². The summed E-state index contributed by atoms with van der Waals surface area (Å²) in [5.41, 5.74) is 2.13. The molecule has 22 heavy (non-hydrogen) atoms. The van der Waals surface area contributed by atoms with Crippen LogP contribution in [0.5, 0.6) is 0 Å². The molecule has 2 atom stereocenters. The van der Waals surface area contributed by atoms with Gasteiger partial charge in [-0.25, -0.2) is 0 Å². The van der Waals surface area contributed by atoms with Crippen molar-refractivity contribution in [2.75, 3.05) is 6.54 Å². The minimum absolute atomic E-state index is 0.188. The van der Waals surface area contributed by atoms with Gasteiger partial charge in [0, 0.05) is 31.4 Å². The zero-order valence-corrected chi connectivity index (χ0v) is 14.1. The van der Waals surface area contributed by atoms with Gasteiger partial charge in [-0.05, 0) is 37.0 Å². The number of aliphatic hydroxyl groups is 1. The monoisotopic (exact) mass is 339 g/mol. The predicted octanol–water partition coefficient (Wildman–Crippen LogP) is 3.21. The Hall–Kier alpha value is -1.07. The van der Waals surface area contributed by atoms with Gasteiger partial charge in [-0.1, -0.05) is 29.3 Å². The average molecular weight is 340 g/mol. The third-order valence-electron chi connectivity index (χ3n) is 4.31. The lowest BCUT2D eigenvalue weighted by Crippen LogP contribution is -2.36. The van der Waals surface area contributed by atoms with E-state index in [-0.39, 0.29) is 6.04 Å². The van der Waals surface area contributed by atoms with Crippen molar-refractivity contribution in [2.45, 2.75) is 31.4 Å². The Bertz CT molecular complexity index is 697. The number of hydrogen-bond acceptors (Lipinski definition) is 3. The Labute approximate surface area is 140 Å². The molecule has 2 aromatic rings. The molecule has 2 unspecified atom stereocenters. The van der Waals surface area contributed by atoms with Crippen LogP contribution in [0.1, 0.15) is 36.1 Å². The average Bonchev–Trinajstić information content (AvgIpc) is 3.08. The fraction of sp³-hybridized carbons (Fsp3) is 0.438. The Kier molecular flexibility index (Phi) is 4.21. The molecule has 1 aromatic heterocycles. The lowest BCUT2D eigenvalue weighted by molar-refractivity contribution is 0.0537. The molecular formula is C16H19Cl2N3O. The summed E-state index contributed by atoms with van der Waals surface area (Å²) in [5, 5.41) is 19.5. The van der Waals surface area contributed by atoms with Gasteiger partial charge in [0.1, 0.15) is 5.60 Å². The molecule has 2 N–H and O–H groups in total. The van der Waals surface area contributed by atoms with Crippen molar-refractivity contribution in [2.24, 2.45) is 7.05 Å². The highest BCUT2D eigenvalue weighted by Crippen LogP contribution is 2.39. The maximum absolute atomic E-state index is 10.6. The van der Waals surface area contributed by atoms with Gasteiger partial charge in [0.15, 0.2) is 0 Å². The van der Waals surface area contributed by atoms with E-state index in [1.54, 1.807) is 17.8 Å². The zero-order valence-electron chi connectivity index (χ0n) is 12.6. The summed E-state index contributed by atoms with van der Waals surface area (Å²) >= 11 is 12.3. The van der Waals surface area contributed by atoms with Crippen LogP contribution in [0.2, 0.25) is 10.0 Å². The number of fused-ring (bicyclic) bond motifs is 1. The molecule has 1 heterocycles. The predicted molar refractivity (Wildman–Crippen MR) is 88.3 cm³/mol. The second-order valence-corrected chi connectivity index (χ2v) is 6.86. The van der Waals surface area contributed by atoms with Crippen molar-refractivity contribution in [3.63, 3.8) is 0 Å². The van der Waals surface area contributed by atoms with Gasteiger partial charge in [-0.3, -0.25) is 4.68 Å². The maximum Gasteiger partial charge on any atom is 0.102 e. The van der Waals surface area contributed by atoms with Crippen LogP contribution in [0, 0.1) is 0 Å². The Balaban J connectivity index is 1.73. The van der Waals surface area contributed by atoms with Gasteiger partial charge in [-0.15, -0.1) is 0 Å². The first kappa shape index (κ1) is 15.8. The number of aryl methyl sites for hydroxylation is 1. The van der Waals surface area contributed by atoms with Crippen LogP contribution in [0.15, 0.2) is 24.5 Å². The molecule has 0 radical (unpaired) electrons. The van der Waals surface area contributed by atoms with Crippen molar-refractivity contribution >= 4 is 23.2 Å². The van der Waals surface area contributed by atoms with Crippen molar-refractivity contribution in [1.82, 2.24) is 15.1 Å². The standard InChI is InChI=1S/C16H19Cl2N3O/c1-16(22,10-7-20-21(2)8-10)9-19-14-6-4-12-11(14)3-5-13(17)15(12)18/h3,5,7-8,14,19,22H,4,6,9H2,1-2H3. The van der Waals surface area contributed by atoms with E-state index >= 15 is 0 Å². The fourth-order valence-electron chi connectivity index (χ4n) is 2.97. The smallest absolute Gasteiger partial charge is 0.102 e. The summed E-state index contributed by atoms with van der Waals surface area (Å²) < 4.78 is 1.69. The number of hydrogen-bond donors (Lipinski definition) is 2. The molecule has 1 aliphatic carbocycles. The highest BCUT2D eigenvalue weighted by Gasteiger charge is 2.29. The van der Waals surface area contributed by atoms with E-state index in [1.807, 2.05) is 25.4 Å². The lowest BCUT2D eigenvalue weighted by Gasteiger charge is -2.25. The minimum Gasteiger partial charge on any atom is -0.384 e. The molecule has 0 spiro atoms. The van der Waals surface area contributed by atoms with Crippen LogP contribution in [-0.2, 0) is 19.1 Å². The molecule has 0 aliphatic heterocycles. The highest BCUT2D eigenvalue weighted by atomic mass is 35.5. The lowest BCUT2D eigenvalue weighted by atomic mass is 9.98. The summed E-state index contributed by atoms with van der Waals surface area (Å²) in [6, 6.07) is 4.04. The molecule has 6 heteroatoms. The SMILES string of the molecule is Cn1cc(C(C)(O)CNC2CCc3c2ccc(Cl)c3Cl)cn1. The van der Waals surface area contributed by atoms with E-state index in [0.29, 0.717) is 16.6 Å². The van der Waals surface area contributed by atoms with Crippen LogP contribution in [0.4, 0.5) is 0 Å². The van der Waals surface area contributed by atoms with Crippen molar-refractivity contribution < 1.29 is 5.11 Å². The van der Waals surface area contributed by atoms with Crippen molar-refractivity contribution in [3.05, 3.63) is 51.3 Å². The summed E-state index contributed by atoms with van der Waals surface area (Å²) in [6.45, 7) is 2.24. The Morgan fingerprint density at radius 3 is 2.91 bits per heavy atom. The fourth-order valence-corrected chi connectivity index (χ4v) is 3.41. The van der Waals surface area contributed by atoms with Crippen molar-refractivity contribution in [3.8, 4) is 0 Å². The van der Waals surface area contributed by atoms with Crippen LogP contribution in [-0.4, -0.2) is 21.4 Å². The number of nitrogens with zero attached hydrogens (tertiary/aromatic N) is 2. The van der Waals surface area contributed by atoms with Gasteiger partial charge in [0.05, 0.1) is 16.2 Å². The van der Waals surface area contributed by atoms with E-state index < -0.39 is 5.60 Å². The molecule has 1 aromatic carbocycles. The molecule has 0 saturated heterocycles. The Morgan fingerprint density at radius 2 is 2.23 bits per heavy atom. The summed E-state index contributed by atoms with van der Waals surface area (Å²) in [4.78, 5) is 0. The normalized spacial score (nSPS) is 20.0. The molecular weight excluding hydrogens is 321 g/mol. The molecule has 0 fully saturated rings. The summed E-state index contributed by atoms with van der Waals surface area (Å²) in [6.07, 6.45) is 5.39. The number of halogens is 2. The van der Waals surface area contributed by atoms with E-state index in [4.69, 9.17) is 23.2 Å². The summed E-state index contributed by atoms with van der Waals surface area (Å²) in [5.74, 6) is 0. The van der Waals surface area contributed by atoms with Crippen LogP contribution >= 0.6 is 23.2 Å². The van der Waals surface area contributed by atoms with Crippen LogP contribution in [0.3, 0.4) is 0 Å². The second kappa shape index (κ2) is 5.85. The molecule has 0 bridgehead atoms. The van der Waals surface area contributed by atoms with Gasteiger partial charge in [-0.2, -0.15) is 5.10 Å². The number of rotatable bonds is 4. The number of benzene rings is 1. The number of nitrogens with one attached hydrogen (secondary N) is 1. The van der Waals surface area contributed by atoms with Gasteiger partial charge >= 0.3 is 0 Å². The van der Waals surface area contributed by atoms with Crippen molar-refractivity contribution in [1.29, 1.82) is 0 Å². The molecule has 0 amide bonds. The van der Waals surface area contributed by atoms with E-state index in [1.165, 1.54) is 5.56 Å². The largest absolute Gasteiger partial charge is 0.384 e. The molecule has 0 saturated carbocycles. The molecule has 4 nitrogen and oxygen atoms in total. The molecule has 3 rings (SSSR count). The second-order valence-electron chi connectivity index (χ2n) is 6.08. The third-order valence-corrected chi connectivity index (χ3v) is 5.15. The first-order valence-electron chi connectivity index (χ1n) is 7.30. The first-order valence-corrected chi connectivity index (χ1v) is 8.06. The number of aromatic nitrogens is 2. The topological polar surface area (TPSA) is 50.1 Å². The molecule has 118 valence electrons. The van der Waals surface area contributed by atoms with Gasteiger partial charge in [0.25, 0.3) is 0 Å². The first-order chi connectivity index (χ1) is 10.4. The van der Waals surface area contributed by atoms with E-state index in [2.05, 4.69) is 10.4 Å². The van der Waals surface area contributed by atoms with E-state index in [0.717, 1.165) is 24.0 Å². The van der Waals surface area contributed by atoms with E-state index in [9.17, 15) is 5.11 Å². The third kappa shape index (κ3) is 2.88. The summed E-state index contributed by atoms with van der Waals surface area (Å²) in [7, 11) is 1.84. The van der Waals surface area contributed by atoms with Crippen LogP contribution in [0.25, 0.3) is 0 Å². The quantitative estimate of drug-likeness (QED) is 0.899.